The number of esters is 1. The Labute approximate surface area is 131 Å². The van der Waals surface area contributed by atoms with Crippen molar-refractivity contribution in [2.45, 2.75) is 77.4 Å². The Morgan fingerprint density at radius 3 is 2.27 bits per heavy atom. The number of hydrogen-bond acceptors (Lipinski definition) is 6. The van der Waals surface area contributed by atoms with Gasteiger partial charge in [0.2, 0.25) is 0 Å². The van der Waals surface area contributed by atoms with E-state index in [0.29, 0.717) is 6.42 Å². The van der Waals surface area contributed by atoms with Gasteiger partial charge in [0.15, 0.2) is 6.10 Å². The lowest BCUT2D eigenvalue weighted by Gasteiger charge is -2.21. The zero-order chi connectivity index (χ0) is 17.1. The van der Waals surface area contributed by atoms with E-state index in [2.05, 4.69) is 0 Å². The SMILES string of the molecule is CCC[C@@H]1[C@@H]([C@H](O)[C@@H](O)C(=O)OCC)N1C(=O)OC(C)(C)C. The van der Waals surface area contributed by atoms with Gasteiger partial charge < -0.3 is 19.7 Å². The largest absolute Gasteiger partial charge is 0.464 e. The highest BCUT2D eigenvalue weighted by atomic mass is 16.6. The molecule has 1 aliphatic heterocycles. The Hall–Kier alpha value is -1.34. The monoisotopic (exact) mass is 317 g/mol. The molecule has 0 aromatic carbocycles. The summed E-state index contributed by atoms with van der Waals surface area (Å²) in [6.07, 6.45) is -2.13. The molecule has 0 aromatic rings. The first-order valence-electron chi connectivity index (χ1n) is 7.68. The van der Waals surface area contributed by atoms with Crippen LogP contribution in [0, 0.1) is 0 Å². The average Bonchev–Trinajstić information content (AvgIpc) is 3.10. The molecule has 0 radical (unpaired) electrons. The van der Waals surface area contributed by atoms with Crippen LogP contribution in [0.15, 0.2) is 0 Å². The van der Waals surface area contributed by atoms with Gasteiger partial charge >= 0.3 is 12.1 Å². The number of nitrogens with zero attached hydrogens (tertiary/aromatic N) is 1. The van der Waals surface area contributed by atoms with Crippen molar-refractivity contribution in [2.75, 3.05) is 6.61 Å². The maximum Gasteiger partial charge on any atom is 0.411 e. The van der Waals surface area contributed by atoms with E-state index in [0.717, 1.165) is 6.42 Å². The molecule has 1 aliphatic rings. The fourth-order valence-electron chi connectivity index (χ4n) is 2.42. The van der Waals surface area contributed by atoms with Gasteiger partial charge in [-0.3, -0.25) is 4.90 Å². The molecule has 128 valence electrons. The van der Waals surface area contributed by atoms with Crippen molar-refractivity contribution in [1.29, 1.82) is 0 Å². The summed E-state index contributed by atoms with van der Waals surface area (Å²) < 4.78 is 9.98. The fourth-order valence-corrected chi connectivity index (χ4v) is 2.42. The first-order valence-corrected chi connectivity index (χ1v) is 7.68. The second kappa shape index (κ2) is 7.28. The average molecular weight is 317 g/mol. The van der Waals surface area contributed by atoms with Crippen LogP contribution in [-0.4, -0.2) is 63.7 Å². The van der Waals surface area contributed by atoms with E-state index in [1.54, 1.807) is 27.7 Å². The number of rotatable bonds is 6. The molecule has 1 rings (SSSR count). The molecule has 1 amide bonds. The van der Waals surface area contributed by atoms with Crippen LogP contribution in [0.3, 0.4) is 0 Å². The van der Waals surface area contributed by atoms with Crippen molar-refractivity contribution in [3.05, 3.63) is 0 Å². The molecule has 0 aromatic heterocycles. The lowest BCUT2D eigenvalue weighted by Crippen LogP contribution is -2.41. The molecule has 0 saturated carbocycles. The van der Waals surface area contributed by atoms with Crippen LogP contribution >= 0.6 is 0 Å². The highest BCUT2D eigenvalue weighted by molar-refractivity contribution is 5.77. The van der Waals surface area contributed by atoms with Gasteiger partial charge in [-0.2, -0.15) is 0 Å². The van der Waals surface area contributed by atoms with Crippen molar-refractivity contribution in [1.82, 2.24) is 4.90 Å². The van der Waals surface area contributed by atoms with E-state index in [1.807, 2.05) is 6.92 Å². The van der Waals surface area contributed by atoms with Crippen molar-refractivity contribution in [3.63, 3.8) is 0 Å². The van der Waals surface area contributed by atoms with Gasteiger partial charge in [-0.25, -0.2) is 9.59 Å². The third-order valence-electron chi connectivity index (χ3n) is 3.37. The molecule has 22 heavy (non-hydrogen) atoms. The molecule has 1 fully saturated rings. The molecule has 4 atom stereocenters. The Balaban J connectivity index is 2.74. The summed E-state index contributed by atoms with van der Waals surface area (Å²) in [5, 5.41) is 20.0. The summed E-state index contributed by atoms with van der Waals surface area (Å²) in [4.78, 5) is 25.0. The maximum atomic E-state index is 12.1. The van der Waals surface area contributed by atoms with Gasteiger partial charge in [-0.1, -0.05) is 13.3 Å². The predicted octanol–water partition coefficient (Wildman–Crippen LogP) is 1.06. The van der Waals surface area contributed by atoms with Crippen LogP contribution in [0.25, 0.3) is 0 Å². The summed E-state index contributed by atoms with van der Waals surface area (Å²) in [5.74, 6) is -0.888. The van der Waals surface area contributed by atoms with Gasteiger partial charge in [0.25, 0.3) is 0 Å². The molecule has 0 spiro atoms. The van der Waals surface area contributed by atoms with Crippen LogP contribution in [-0.2, 0) is 14.3 Å². The lowest BCUT2D eigenvalue weighted by molar-refractivity contribution is -0.159. The number of ether oxygens (including phenoxy) is 2. The fraction of sp³-hybridized carbons (Fsp3) is 0.867. The molecule has 0 bridgehead atoms. The molecule has 7 nitrogen and oxygen atoms in total. The van der Waals surface area contributed by atoms with E-state index in [9.17, 15) is 19.8 Å². The van der Waals surface area contributed by atoms with Crippen molar-refractivity contribution in [2.24, 2.45) is 0 Å². The third kappa shape index (κ3) is 4.58. The van der Waals surface area contributed by atoms with Crippen LogP contribution in [0.5, 0.6) is 0 Å². The molecular weight excluding hydrogens is 290 g/mol. The summed E-state index contributed by atoms with van der Waals surface area (Å²) in [6.45, 7) is 8.94. The summed E-state index contributed by atoms with van der Waals surface area (Å²) in [5.41, 5.74) is -0.647. The number of carbonyl (C=O) groups excluding carboxylic acids is 2. The topological polar surface area (TPSA) is 96.1 Å². The number of aliphatic hydroxyl groups excluding tert-OH is 2. The lowest BCUT2D eigenvalue weighted by atomic mass is 10.1. The minimum Gasteiger partial charge on any atom is -0.464 e. The van der Waals surface area contributed by atoms with Crippen molar-refractivity contribution in [3.8, 4) is 0 Å². The minimum atomic E-state index is -1.67. The Morgan fingerprint density at radius 1 is 1.23 bits per heavy atom. The van der Waals surface area contributed by atoms with E-state index < -0.39 is 35.9 Å². The standard InChI is InChI=1S/C15H27NO6/c1-6-8-9-10(11(17)12(18)13(19)21-7-2)16(9)14(20)22-15(3,4)5/h9-12,17-18H,6-8H2,1-5H3/t9-,10+,11+,12-,16?/m1/s1. The summed E-state index contributed by atoms with van der Waals surface area (Å²) >= 11 is 0. The van der Waals surface area contributed by atoms with E-state index >= 15 is 0 Å². The van der Waals surface area contributed by atoms with Crippen LogP contribution in [0.2, 0.25) is 0 Å². The maximum absolute atomic E-state index is 12.1. The van der Waals surface area contributed by atoms with E-state index in [4.69, 9.17) is 9.47 Å². The second-order valence-electron chi connectivity index (χ2n) is 6.42. The highest BCUT2D eigenvalue weighted by Gasteiger charge is 2.58. The van der Waals surface area contributed by atoms with Gasteiger partial charge in [-0.15, -0.1) is 0 Å². The molecule has 2 N–H and O–H groups in total. The van der Waals surface area contributed by atoms with E-state index in [-0.39, 0.29) is 12.6 Å². The molecule has 7 heteroatoms. The van der Waals surface area contributed by atoms with Gasteiger partial charge in [-0.05, 0) is 34.1 Å². The third-order valence-corrected chi connectivity index (χ3v) is 3.37. The highest BCUT2D eigenvalue weighted by Crippen LogP contribution is 2.37. The normalized spacial score (nSPS) is 23.7. The zero-order valence-corrected chi connectivity index (χ0v) is 13.9. The zero-order valence-electron chi connectivity index (χ0n) is 13.9. The van der Waals surface area contributed by atoms with Gasteiger partial charge in [0, 0.05) is 0 Å². The molecule has 1 saturated heterocycles. The van der Waals surface area contributed by atoms with Crippen LogP contribution in [0.1, 0.15) is 47.5 Å². The Morgan fingerprint density at radius 2 is 1.82 bits per heavy atom. The quantitative estimate of drug-likeness (QED) is 0.562. The number of carbonyl (C=O) groups is 2. The Kier molecular flexibility index (Phi) is 6.19. The molecule has 0 aliphatic carbocycles. The van der Waals surface area contributed by atoms with Crippen molar-refractivity contribution < 1.29 is 29.3 Å². The van der Waals surface area contributed by atoms with Crippen molar-refractivity contribution >= 4 is 12.1 Å². The molecule has 1 heterocycles. The predicted molar refractivity (Wildman–Crippen MR) is 79.2 cm³/mol. The van der Waals surface area contributed by atoms with Gasteiger partial charge in [0.05, 0.1) is 18.7 Å². The Bertz CT molecular complexity index is 405. The summed E-state index contributed by atoms with van der Waals surface area (Å²) in [6, 6.07) is -0.867. The number of amides is 1. The van der Waals surface area contributed by atoms with Gasteiger partial charge in [0.1, 0.15) is 11.7 Å². The molecular formula is C15H27NO6. The van der Waals surface area contributed by atoms with Crippen LogP contribution < -0.4 is 0 Å². The smallest absolute Gasteiger partial charge is 0.411 e. The van der Waals surface area contributed by atoms with E-state index in [1.165, 1.54) is 4.90 Å². The van der Waals surface area contributed by atoms with Crippen LogP contribution in [0.4, 0.5) is 4.79 Å². The second-order valence-corrected chi connectivity index (χ2v) is 6.42. The molecule has 0 unspecified atom stereocenters. The first-order chi connectivity index (χ1) is 10.1. The first kappa shape index (κ1) is 18.7. The summed E-state index contributed by atoms with van der Waals surface area (Å²) in [7, 11) is 0. The number of aliphatic hydroxyl groups is 2. The minimum absolute atomic E-state index is 0.113. The number of hydrogen-bond donors (Lipinski definition) is 2.